The van der Waals surface area contributed by atoms with E-state index in [0.29, 0.717) is 5.88 Å². The molecule has 0 saturated carbocycles. The van der Waals surface area contributed by atoms with Crippen LogP contribution in [0, 0.1) is 0 Å². The van der Waals surface area contributed by atoms with Crippen molar-refractivity contribution in [2.45, 2.75) is 32.2 Å². The third-order valence-electron chi connectivity index (χ3n) is 3.64. The second-order valence-corrected chi connectivity index (χ2v) is 7.09. The minimum atomic E-state index is 0.0420. The number of thiophene rings is 1. The fourth-order valence-electron chi connectivity index (χ4n) is 2.58. The summed E-state index contributed by atoms with van der Waals surface area (Å²) >= 11 is 7.73. The van der Waals surface area contributed by atoms with Crippen LogP contribution in [-0.4, -0.2) is 20.4 Å². The van der Waals surface area contributed by atoms with E-state index in [-0.39, 0.29) is 5.41 Å². The second kappa shape index (κ2) is 5.78. The van der Waals surface area contributed by atoms with Crippen LogP contribution < -0.4 is 0 Å². The first-order chi connectivity index (χ1) is 10.1. The average molecular weight is 320 g/mol. The minimum Gasteiger partial charge on any atom is -0.312 e. The van der Waals surface area contributed by atoms with Gasteiger partial charge in [-0.15, -0.1) is 22.9 Å². The molecular formula is C16H18ClN3S. The number of alkyl halides is 1. The van der Waals surface area contributed by atoms with Crippen molar-refractivity contribution in [3.8, 4) is 0 Å². The second-order valence-electron chi connectivity index (χ2n) is 5.76. The standard InChI is InChI=1S/C16H18ClN3S/c1-16(2,13-6-4-10-21-13)11-20-14(7-8-17)19-12-5-3-9-18-15(12)20/h3-6,9-10H,7-8,11H2,1-2H3. The van der Waals surface area contributed by atoms with Crippen molar-refractivity contribution in [2.24, 2.45) is 0 Å². The minimum absolute atomic E-state index is 0.0420. The molecule has 3 aromatic rings. The fourth-order valence-corrected chi connectivity index (χ4v) is 3.60. The lowest BCUT2D eigenvalue weighted by molar-refractivity contribution is 0.439. The number of aromatic nitrogens is 3. The van der Waals surface area contributed by atoms with Crippen LogP contribution in [0.2, 0.25) is 0 Å². The molecule has 21 heavy (non-hydrogen) atoms. The monoisotopic (exact) mass is 319 g/mol. The molecular weight excluding hydrogens is 302 g/mol. The van der Waals surface area contributed by atoms with Gasteiger partial charge in [-0.2, -0.15) is 0 Å². The van der Waals surface area contributed by atoms with Gasteiger partial charge in [-0.1, -0.05) is 19.9 Å². The summed E-state index contributed by atoms with van der Waals surface area (Å²) in [5.41, 5.74) is 1.93. The van der Waals surface area contributed by atoms with Crippen molar-refractivity contribution >= 4 is 34.1 Å². The Balaban J connectivity index is 2.04. The summed E-state index contributed by atoms with van der Waals surface area (Å²) in [4.78, 5) is 10.6. The molecule has 110 valence electrons. The Morgan fingerprint density at radius 3 is 2.86 bits per heavy atom. The molecule has 0 bridgehead atoms. The van der Waals surface area contributed by atoms with Gasteiger partial charge in [-0.05, 0) is 23.6 Å². The highest BCUT2D eigenvalue weighted by Crippen LogP contribution is 2.31. The van der Waals surface area contributed by atoms with E-state index in [1.54, 1.807) is 11.3 Å². The Morgan fingerprint density at radius 2 is 2.14 bits per heavy atom. The van der Waals surface area contributed by atoms with Gasteiger partial charge in [-0.3, -0.25) is 0 Å². The van der Waals surface area contributed by atoms with Crippen LogP contribution in [0.15, 0.2) is 35.8 Å². The normalized spacial score (nSPS) is 12.1. The first-order valence-corrected chi connectivity index (χ1v) is 8.43. The molecule has 0 unspecified atom stereocenters. The highest BCUT2D eigenvalue weighted by Gasteiger charge is 2.25. The van der Waals surface area contributed by atoms with E-state index >= 15 is 0 Å². The first kappa shape index (κ1) is 14.5. The molecule has 0 radical (unpaired) electrons. The van der Waals surface area contributed by atoms with Gasteiger partial charge in [0.2, 0.25) is 0 Å². The molecule has 0 spiro atoms. The van der Waals surface area contributed by atoms with E-state index in [1.807, 2.05) is 18.3 Å². The van der Waals surface area contributed by atoms with Gasteiger partial charge in [0.25, 0.3) is 0 Å². The maximum Gasteiger partial charge on any atom is 0.160 e. The molecule has 0 atom stereocenters. The maximum atomic E-state index is 5.93. The number of nitrogens with zero attached hydrogens (tertiary/aromatic N) is 3. The molecule has 0 aliphatic heterocycles. The van der Waals surface area contributed by atoms with Gasteiger partial charge < -0.3 is 4.57 Å². The van der Waals surface area contributed by atoms with E-state index in [2.05, 4.69) is 45.9 Å². The number of pyridine rings is 1. The lowest BCUT2D eigenvalue weighted by Gasteiger charge is -2.25. The largest absolute Gasteiger partial charge is 0.312 e. The van der Waals surface area contributed by atoms with Crippen molar-refractivity contribution in [2.75, 3.05) is 5.88 Å². The predicted octanol–water partition coefficient (Wildman–Crippen LogP) is 4.25. The molecule has 3 nitrogen and oxygen atoms in total. The lowest BCUT2D eigenvalue weighted by Crippen LogP contribution is -2.24. The number of hydrogen-bond donors (Lipinski definition) is 0. The van der Waals surface area contributed by atoms with Crippen molar-refractivity contribution in [1.29, 1.82) is 0 Å². The third-order valence-corrected chi connectivity index (χ3v) is 5.07. The predicted molar refractivity (Wildman–Crippen MR) is 89.3 cm³/mol. The Morgan fingerprint density at radius 1 is 1.29 bits per heavy atom. The zero-order chi connectivity index (χ0) is 14.9. The molecule has 0 N–H and O–H groups in total. The molecule has 0 amide bonds. The molecule has 3 heterocycles. The van der Waals surface area contributed by atoms with Crippen LogP contribution in [-0.2, 0) is 18.4 Å². The molecule has 0 aromatic carbocycles. The van der Waals surface area contributed by atoms with Gasteiger partial charge >= 0.3 is 0 Å². The van der Waals surface area contributed by atoms with Gasteiger partial charge in [0.1, 0.15) is 11.3 Å². The molecule has 3 rings (SSSR count). The van der Waals surface area contributed by atoms with Gasteiger partial charge in [0, 0.05) is 35.3 Å². The average Bonchev–Trinajstić information content (AvgIpc) is 3.09. The fraction of sp³-hybridized carbons (Fsp3) is 0.375. The molecule has 5 heteroatoms. The molecule has 0 saturated heterocycles. The molecule has 3 aromatic heterocycles. The number of imidazole rings is 1. The van der Waals surface area contributed by atoms with Crippen LogP contribution in [0.4, 0.5) is 0 Å². The summed E-state index contributed by atoms with van der Waals surface area (Å²) in [5, 5.41) is 2.13. The van der Waals surface area contributed by atoms with Crippen molar-refractivity contribution in [3.63, 3.8) is 0 Å². The SMILES string of the molecule is CC(C)(Cn1c(CCCl)nc2cccnc21)c1cccs1. The zero-order valence-electron chi connectivity index (χ0n) is 12.2. The highest BCUT2D eigenvalue weighted by molar-refractivity contribution is 7.10. The van der Waals surface area contributed by atoms with Crippen LogP contribution in [0.3, 0.4) is 0 Å². The van der Waals surface area contributed by atoms with Crippen LogP contribution >= 0.6 is 22.9 Å². The van der Waals surface area contributed by atoms with Gasteiger partial charge in [0.15, 0.2) is 5.65 Å². The van der Waals surface area contributed by atoms with E-state index in [0.717, 1.165) is 30.0 Å². The zero-order valence-corrected chi connectivity index (χ0v) is 13.8. The summed E-state index contributed by atoms with van der Waals surface area (Å²) < 4.78 is 2.22. The van der Waals surface area contributed by atoms with Crippen molar-refractivity contribution in [1.82, 2.24) is 14.5 Å². The summed E-state index contributed by atoms with van der Waals surface area (Å²) in [5.74, 6) is 1.59. The van der Waals surface area contributed by atoms with Crippen LogP contribution in [0.25, 0.3) is 11.2 Å². The Kier molecular flexibility index (Phi) is 4.00. The molecule has 0 aliphatic rings. The van der Waals surface area contributed by atoms with Crippen LogP contribution in [0.1, 0.15) is 24.5 Å². The number of halogens is 1. The quantitative estimate of drug-likeness (QED) is 0.658. The van der Waals surface area contributed by atoms with E-state index < -0.39 is 0 Å². The van der Waals surface area contributed by atoms with E-state index in [4.69, 9.17) is 11.6 Å². The third kappa shape index (κ3) is 2.83. The van der Waals surface area contributed by atoms with Gasteiger partial charge in [-0.25, -0.2) is 9.97 Å². The smallest absolute Gasteiger partial charge is 0.160 e. The first-order valence-electron chi connectivity index (χ1n) is 7.02. The summed E-state index contributed by atoms with van der Waals surface area (Å²) in [6.45, 7) is 5.38. The van der Waals surface area contributed by atoms with Gasteiger partial charge in [0.05, 0.1) is 0 Å². The number of fused-ring (bicyclic) bond motifs is 1. The van der Waals surface area contributed by atoms with E-state index in [1.165, 1.54) is 4.88 Å². The topological polar surface area (TPSA) is 30.7 Å². The van der Waals surface area contributed by atoms with Crippen LogP contribution in [0.5, 0.6) is 0 Å². The maximum absolute atomic E-state index is 5.93. The lowest BCUT2D eigenvalue weighted by atomic mass is 9.91. The number of aryl methyl sites for hydroxylation is 1. The Hall–Kier alpha value is -1.39. The number of rotatable bonds is 5. The van der Waals surface area contributed by atoms with Crippen molar-refractivity contribution < 1.29 is 0 Å². The van der Waals surface area contributed by atoms with Crippen molar-refractivity contribution in [3.05, 3.63) is 46.5 Å². The molecule has 0 fully saturated rings. The van der Waals surface area contributed by atoms with E-state index in [9.17, 15) is 0 Å². The highest BCUT2D eigenvalue weighted by atomic mass is 35.5. The Labute approximate surface area is 133 Å². The number of hydrogen-bond acceptors (Lipinski definition) is 3. The summed E-state index contributed by atoms with van der Waals surface area (Å²) in [7, 11) is 0. The summed E-state index contributed by atoms with van der Waals surface area (Å²) in [6, 6.07) is 8.23. The Bertz CT molecular complexity index is 731. The molecule has 0 aliphatic carbocycles. The summed E-state index contributed by atoms with van der Waals surface area (Å²) in [6.07, 6.45) is 2.58.